The molecule has 0 unspecified atom stereocenters. The van der Waals surface area contributed by atoms with Crippen LogP contribution in [0.3, 0.4) is 0 Å². The third kappa shape index (κ3) is 3.86. The fourth-order valence-corrected chi connectivity index (χ4v) is 1.58. The quantitative estimate of drug-likeness (QED) is 0.519. The molecule has 0 radical (unpaired) electrons. The number of aryl methyl sites for hydroxylation is 1. The van der Waals surface area contributed by atoms with Crippen LogP contribution in [0.25, 0.3) is 0 Å². The fraction of sp³-hybridized carbons (Fsp3) is 0.0769. The normalized spacial score (nSPS) is 10.8. The predicted molar refractivity (Wildman–Crippen MR) is 76.8 cm³/mol. The Balaban J connectivity index is 1.91. The van der Waals surface area contributed by atoms with E-state index in [1.54, 1.807) is 12.1 Å². The molecule has 1 heterocycles. The van der Waals surface area contributed by atoms with Crippen molar-refractivity contribution >= 4 is 29.2 Å². The molecule has 0 aliphatic heterocycles. The van der Waals surface area contributed by atoms with Crippen molar-refractivity contribution in [2.45, 2.75) is 6.92 Å². The number of hydrogen-bond donors (Lipinski definition) is 2. The molecule has 7 heteroatoms. The molecular formula is C13H11F2N3OS. The molecule has 0 atom stereocenters. The number of halogens is 2. The maximum atomic E-state index is 13.4. The van der Waals surface area contributed by atoms with E-state index in [2.05, 4.69) is 15.8 Å². The molecule has 0 saturated heterocycles. The van der Waals surface area contributed by atoms with Crippen molar-refractivity contribution in [2.75, 3.05) is 5.32 Å². The smallest absolute Gasteiger partial charge is 0.191 e. The van der Waals surface area contributed by atoms with E-state index in [0.717, 1.165) is 17.9 Å². The van der Waals surface area contributed by atoms with Crippen molar-refractivity contribution < 1.29 is 13.2 Å². The van der Waals surface area contributed by atoms with Gasteiger partial charge in [0.1, 0.15) is 23.2 Å². The van der Waals surface area contributed by atoms with Gasteiger partial charge in [-0.2, -0.15) is 5.10 Å². The number of thiocarbonyl (C=S) groups is 1. The Bertz CT molecular complexity index is 655. The van der Waals surface area contributed by atoms with Crippen LogP contribution in [0.5, 0.6) is 0 Å². The second-order valence-corrected chi connectivity index (χ2v) is 4.30. The van der Waals surface area contributed by atoms with Crippen molar-refractivity contribution in [1.82, 2.24) is 5.43 Å². The van der Waals surface area contributed by atoms with Crippen molar-refractivity contribution in [2.24, 2.45) is 5.10 Å². The van der Waals surface area contributed by atoms with Gasteiger partial charge >= 0.3 is 0 Å². The van der Waals surface area contributed by atoms with Crippen molar-refractivity contribution in [3.8, 4) is 0 Å². The molecule has 4 nitrogen and oxygen atoms in total. The monoisotopic (exact) mass is 295 g/mol. The van der Waals surface area contributed by atoms with Gasteiger partial charge in [-0.15, -0.1) is 0 Å². The Kier molecular flexibility index (Phi) is 4.41. The highest BCUT2D eigenvalue weighted by Crippen LogP contribution is 2.14. The highest BCUT2D eigenvalue weighted by Gasteiger charge is 2.04. The highest BCUT2D eigenvalue weighted by molar-refractivity contribution is 7.80. The number of anilines is 1. The molecule has 20 heavy (non-hydrogen) atoms. The van der Waals surface area contributed by atoms with E-state index >= 15 is 0 Å². The molecule has 104 valence electrons. The standard InChI is InChI=1S/C13H11F2N3OS/c1-8-2-4-10(19-8)7-16-18-13(20)17-12-5-3-9(14)6-11(12)15/h2-7H,1H3,(H2,17,18,20). The van der Waals surface area contributed by atoms with Crippen LogP contribution in [0.4, 0.5) is 14.5 Å². The zero-order chi connectivity index (χ0) is 14.5. The minimum Gasteiger partial charge on any atom is -0.460 e. The summed E-state index contributed by atoms with van der Waals surface area (Å²) in [6.45, 7) is 1.81. The van der Waals surface area contributed by atoms with Gasteiger partial charge in [0, 0.05) is 6.07 Å². The lowest BCUT2D eigenvalue weighted by molar-refractivity contribution is 0.527. The second kappa shape index (κ2) is 6.25. The van der Waals surface area contributed by atoms with E-state index in [4.69, 9.17) is 16.6 Å². The van der Waals surface area contributed by atoms with Gasteiger partial charge in [0.2, 0.25) is 0 Å². The van der Waals surface area contributed by atoms with E-state index in [1.807, 2.05) is 6.92 Å². The topological polar surface area (TPSA) is 49.6 Å². The van der Waals surface area contributed by atoms with Crippen LogP contribution < -0.4 is 10.7 Å². The number of rotatable bonds is 3. The average molecular weight is 295 g/mol. The number of benzene rings is 1. The predicted octanol–water partition coefficient (Wildman–Crippen LogP) is 3.19. The van der Waals surface area contributed by atoms with Gasteiger partial charge in [-0.05, 0) is 43.4 Å². The van der Waals surface area contributed by atoms with E-state index in [-0.39, 0.29) is 10.8 Å². The highest BCUT2D eigenvalue weighted by atomic mass is 32.1. The van der Waals surface area contributed by atoms with Crippen molar-refractivity contribution in [1.29, 1.82) is 0 Å². The van der Waals surface area contributed by atoms with Crippen LogP contribution >= 0.6 is 12.2 Å². The van der Waals surface area contributed by atoms with Crippen molar-refractivity contribution in [3.05, 3.63) is 53.5 Å². The Hall–Kier alpha value is -2.28. The summed E-state index contributed by atoms with van der Waals surface area (Å²) in [7, 11) is 0. The number of hydrazone groups is 1. The van der Waals surface area contributed by atoms with E-state index < -0.39 is 11.6 Å². The zero-order valence-corrected chi connectivity index (χ0v) is 11.3. The maximum absolute atomic E-state index is 13.4. The SMILES string of the molecule is Cc1ccc(C=NNC(=S)Nc2ccc(F)cc2F)o1. The molecular weight excluding hydrogens is 284 g/mol. The Morgan fingerprint density at radius 2 is 2.10 bits per heavy atom. The number of nitrogens with one attached hydrogen (secondary N) is 2. The van der Waals surface area contributed by atoms with E-state index in [9.17, 15) is 8.78 Å². The van der Waals surface area contributed by atoms with Gasteiger partial charge in [0.05, 0.1) is 11.9 Å². The summed E-state index contributed by atoms with van der Waals surface area (Å²) in [6, 6.07) is 6.68. The molecule has 0 saturated carbocycles. The summed E-state index contributed by atoms with van der Waals surface area (Å²) >= 11 is 4.92. The first-order valence-electron chi connectivity index (χ1n) is 5.66. The van der Waals surface area contributed by atoms with Crippen LogP contribution in [-0.4, -0.2) is 11.3 Å². The first-order valence-corrected chi connectivity index (χ1v) is 6.07. The maximum Gasteiger partial charge on any atom is 0.191 e. The molecule has 2 aromatic rings. The van der Waals surface area contributed by atoms with Gasteiger partial charge in [0.15, 0.2) is 5.11 Å². The lowest BCUT2D eigenvalue weighted by atomic mass is 10.3. The number of nitrogens with zero attached hydrogens (tertiary/aromatic N) is 1. The summed E-state index contributed by atoms with van der Waals surface area (Å²) < 4.78 is 31.3. The molecule has 2 N–H and O–H groups in total. The zero-order valence-electron chi connectivity index (χ0n) is 10.5. The van der Waals surface area contributed by atoms with Crippen LogP contribution in [0.2, 0.25) is 0 Å². The molecule has 0 aliphatic rings. The minimum absolute atomic E-state index is 0.0629. The van der Waals surface area contributed by atoms with Gasteiger partial charge in [-0.1, -0.05) is 0 Å². The average Bonchev–Trinajstić information content (AvgIpc) is 2.79. The van der Waals surface area contributed by atoms with E-state index in [1.165, 1.54) is 12.3 Å². The first kappa shape index (κ1) is 14.1. The van der Waals surface area contributed by atoms with Gasteiger partial charge in [-0.25, -0.2) is 8.78 Å². The number of furan rings is 1. The molecule has 0 spiro atoms. The second-order valence-electron chi connectivity index (χ2n) is 3.90. The third-order valence-electron chi connectivity index (χ3n) is 2.30. The summed E-state index contributed by atoms with van der Waals surface area (Å²) in [6.07, 6.45) is 1.43. The largest absolute Gasteiger partial charge is 0.460 e. The molecule has 0 fully saturated rings. The molecule has 0 bridgehead atoms. The van der Waals surface area contributed by atoms with Crippen LogP contribution in [0.15, 0.2) is 39.9 Å². The molecule has 0 aliphatic carbocycles. The summed E-state index contributed by atoms with van der Waals surface area (Å²) in [4.78, 5) is 0. The minimum atomic E-state index is -0.736. The lowest BCUT2D eigenvalue weighted by Gasteiger charge is -2.07. The van der Waals surface area contributed by atoms with Gasteiger partial charge < -0.3 is 9.73 Å². The summed E-state index contributed by atoms with van der Waals surface area (Å²) in [5.74, 6) is -0.0655. The summed E-state index contributed by atoms with van der Waals surface area (Å²) in [5, 5.41) is 6.47. The van der Waals surface area contributed by atoms with Crippen molar-refractivity contribution in [3.63, 3.8) is 0 Å². The van der Waals surface area contributed by atoms with Crippen LogP contribution in [-0.2, 0) is 0 Å². The fourth-order valence-electron chi connectivity index (χ4n) is 1.42. The molecule has 1 aromatic heterocycles. The van der Waals surface area contributed by atoms with Gasteiger partial charge in [0.25, 0.3) is 0 Å². The van der Waals surface area contributed by atoms with Gasteiger partial charge in [-0.3, -0.25) is 5.43 Å². The molecule has 2 rings (SSSR count). The Morgan fingerprint density at radius 1 is 1.30 bits per heavy atom. The molecule has 1 aromatic carbocycles. The van der Waals surface area contributed by atoms with Crippen LogP contribution in [0.1, 0.15) is 11.5 Å². The third-order valence-corrected chi connectivity index (χ3v) is 2.49. The number of hydrogen-bond acceptors (Lipinski definition) is 3. The lowest BCUT2D eigenvalue weighted by Crippen LogP contribution is -2.24. The molecule has 0 amide bonds. The van der Waals surface area contributed by atoms with E-state index in [0.29, 0.717) is 5.76 Å². The summed E-state index contributed by atoms with van der Waals surface area (Å²) in [5.41, 5.74) is 2.56. The Morgan fingerprint density at radius 3 is 2.75 bits per heavy atom. The Labute approximate surface area is 119 Å². The van der Waals surface area contributed by atoms with Crippen LogP contribution in [0, 0.1) is 18.6 Å². The first-order chi connectivity index (χ1) is 9.54.